The van der Waals surface area contributed by atoms with Gasteiger partial charge in [-0.1, -0.05) is 239 Å². The average molecular weight is 972 g/mol. The third-order valence-corrected chi connectivity index (χ3v) is 12.0. The van der Waals surface area contributed by atoms with Gasteiger partial charge in [-0.15, -0.1) is 0 Å². The maximum absolute atomic E-state index is 12.8. The number of carbonyl (C=O) groups is 3. The van der Waals surface area contributed by atoms with Gasteiger partial charge in [0.05, 0.1) is 0 Å². The van der Waals surface area contributed by atoms with Gasteiger partial charge in [0.25, 0.3) is 0 Å². The first-order valence-corrected chi connectivity index (χ1v) is 28.9. The fraction of sp³-hybridized carbons (Fsp3) is 0.672. The van der Waals surface area contributed by atoms with E-state index in [4.69, 9.17) is 14.2 Å². The molecule has 1 unspecified atom stereocenters. The van der Waals surface area contributed by atoms with Crippen LogP contribution in [0.3, 0.4) is 0 Å². The van der Waals surface area contributed by atoms with Gasteiger partial charge in [-0.2, -0.15) is 0 Å². The third kappa shape index (κ3) is 55.0. The van der Waals surface area contributed by atoms with Gasteiger partial charge in [0.1, 0.15) is 13.2 Å². The highest BCUT2D eigenvalue weighted by molar-refractivity contribution is 5.71. The van der Waals surface area contributed by atoms with Crippen molar-refractivity contribution in [2.45, 2.75) is 264 Å². The van der Waals surface area contributed by atoms with Crippen LogP contribution in [0.15, 0.2) is 109 Å². The minimum absolute atomic E-state index is 0.0851. The SMILES string of the molecule is CC/C=C\C/C=C\C/C=C\C/C=C\C/C=C\C/C=C\C/C=C\C/C=C\CCCCCCCCC(=O)OCC(COC(=O)CCCCCCCCCCC)OC(=O)CCCCCCC/C=C\CCCCC. The highest BCUT2D eigenvalue weighted by Gasteiger charge is 2.19. The van der Waals surface area contributed by atoms with Crippen LogP contribution in [0.4, 0.5) is 0 Å². The zero-order valence-electron chi connectivity index (χ0n) is 45.5. The largest absolute Gasteiger partial charge is 0.462 e. The number of allylic oxidation sites excluding steroid dienone is 18. The Hall–Kier alpha value is -3.93. The Morgan fingerprint density at radius 3 is 0.914 bits per heavy atom. The van der Waals surface area contributed by atoms with E-state index in [-0.39, 0.29) is 31.1 Å². The topological polar surface area (TPSA) is 78.9 Å². The number of hydrogen-bond acceptors (Lipinski definition) is 6. The first-order valence-electron chi connectivity index (χ1n) is 28.9. The minimum atomic E-state index is -0.786. The molecule has 6 nitrogen and oxygen atoms in total. The number of ether oxygens (including phenoxy) is 3. The Labute approximate surface area is 431 Å². The van der Waals surface area contributed by atoms with Gasteiger partial charge in [0, 0.05) is 19.3 Å². The lowest BCUT2D eigenvalue weighted by molar-refractivity contribution is -0.167. The van der Waals surface area contributed by atoms with E-state index in [0.717, 1.165) is 135 Å². The Bertz CT molecular complexity index is 1440. The quantitative estimate of drug-likeness (QED) is 0.0262. The van der Waals surface area contributed by atoms with Gasteiger partial charge in [0.15, 0.2) is 6.10 Å². The van der Waals surface area contributed by atoms with Crippen molar-refractivity contribution >= 4 is 17.9 Å². The predicted octanol–water partition coefficient (Wildman–Crippen LogP) is 19.5. The van der Waals surface area contributed by atoms with Crippen molar-refractivity contribution in [1.82, 2.24) is 0 Å². The molecule has 0 saturated heterocycles. The van der Waals surface area contributed by atoms with Gasteiger partial charge < -0.3 is 14.2 Å². The molecule has 0 N–H and O–H groups in total. The summed E-state index contributed by atoms with van der Waals surface area (Å²) in [5, 5.41) is 0. The fourth-order valence-corrected chi connectivity index (χ4v) is 7.69. The zero-order valence-corrected chi connectivity index (χ0v) is 45.5. The van der Waals surface area contributed by atoms with E-state index < -0.39 is 6.10 Å². The summed E-state index contributed by atoms with van der Waals surface area (Å²) in [5.41, 5.74) is 0. The van der Waals surface area contributed by atoms with Crippen molar-refractivity contribution in [3.63, 3.8) is 0 Å². The molecule has 0 radical (unpaired) electrons. The average Bonchev–Trinajstić information content (AvgIpc) is 3.36. The monoisotopic (exact) mass is 971 g/mol. The number of hydrogen-bond donors (Lipinski definition) is 0. The summed E-state index contributed by atoms with van der Waals surface area (Å²) in [5.74, 6) is -0.914. The molecule has 0 spiro atoms. The molecule has 0 saturated carbocycles. The van der Waals surface area contributed by atoms with Crippen LogP contribution in [0.5, 0.6) is 0 Å². The van der Waals surface area contributed by atoms with Gasteiger partial charge in [-0.25, -0.2) is 0 Å². The maximum atomic E-state index is 12.8. The van der Waals surface area contributed by atoms with Crippen molar-refractivity contribution < 1.29 is 28.6 Å². The Kier molecular flexibility index (Phi) is 54.4. The molecule has 0 aliphatic heterocycles. The highest BCUT2D eigenvalue weighted by Crippen LogP contribution is 2.14. The Morgan fingerprint density at radius 1 is 0.300 bits per heavy atom. The van der Waals surface area contributed by atoms with Crippen LogP contribution in [0, 0.1) is 0 Å². The van der Waals surface area contributed by atoms with Crippen LogP contribution in [0.25, 0.3) is 0 Å². The predicted molar refractivity (Wildman–Crippen MR) is 302 cm³/mol. The van der Waals surface area contributed by atoms with Gasteiger partial charge in [0.2, 0.25) is 0 Å². The van der Waals surface area contributed by atoms with E-state index in [9.17, 15) is 14.4 Å². The van der Waals surface area contributed by atoms with E-state index in [2.05, 4.69) is 130 Å². The maximum Gasteiger partial charge on any atom is 0.306 e. The normalized spacial score (nSPS) is 12.9. The summed E-state index contributed by atoms with van der Waals surface area (Å²) in [7, 11) is 0. The summed E-state index contributed by atoms with van der Waals surface area (Å²) in [6, 6.07) is 0. The first kappa shape index (κ1) is 66.1. The summed E-state index contributed by atoms with van der Waals surface area (Å²) in [4.78, 5) is 37.9. The van der Waals surface area contributed by atoms with E-state index >= 15 is 0 Å². The number of carbonyl (C=O) groups excluding carboxylic acids is 3. The lowest BCUT2D eigenvalue weighted by Crippen LogP contribution is -2.30. The summed E-state index contributed by atoms with van der Waals surface area (Å²) < 4.78 is 16.8. The van der Waals surface area contributed by atoms with E-state index in [1.54, 1.807) is 0 Å². The molecule has 0 bridgehead atoms. The number of unbranched alkanes of at least 4 members (excludes halogenated alkanes) is 22. The molecule has 1 atom stereocenters. The summed E-state index contributed by atoms with van der Waals surface area (Å²) in [6.45, 7) is 6.46. The molecular weight excluding hydrogens is 865 g/mol. The van der Waals surface area contributed by atoms with E-state index in [1.807, 2.05) is 0 Å². The van der Waals surface area contributed by atoms with Crippen molar-refractivity contribution in [1.29, 1.82) is 0 Å². The highest BCUT2D eigenvalue weighted by atomic mass is 16.6. The molecule has 398 valence electrons. The molecule has 0 heterocycles. The molecule has 70 heavy (non-hydrogen) atoms. The molecule has 6 heteroatoms. The van der Waals surface area contributed by atoms with Crippen molar-refractivity contribution in [3.8, 4) is 0 Å². The molecule has 0 aromatic carbocycles. The summed E-state index contributed by atoms with van der Waals surface area (Å²) >= 11 is 0. The Morgan fingerprint density at radius 2 is 0.557 bits per heavy atom. The van der Waals surface area contributed by atoms with Crippen LogP contribution < -0.4 is 0 Å². The second-order valence-corrected chi connectivity index (χ2v) is 18.8. The van der Waals surface area contributed by atoms with Crippen molar-refractivity contribution in [2.75, 3.05) is 13.2 Å². The second kappa shape index (κ2) is 57.6. The standard InChI is InChI=1S/C64H106O6/c1-4-7-10-13-16-19-21-23-24-25-26-27-28-29-30-31-32-33-34-35-36-37-38-39-40-41-43-45-48-51-54-57-63(66)69-60-61(59-68-62(65)56-53-50-47-44-18-15-12-9-6-3)70-64(67)58-55-52-49-46-42-22-20-17-14-11-8-5-2/h7,10,16-17,19-20,23-24,26-27,29-30,32-33,35-36,38-39,61H,4-6,8-9,11-15,18,21-22,25,28,31,34,37,40-60H2,1-3H3/b10-7-,19-16-,20-17-,24-23-,27-26-,30-29-,33-32-,36-35-,39-38-. The van der Waals surface area contributed by atoms with Gasteiger partial charge >= 0.3 is 17.9 Å². The molecule has 0 aromatic heterocycles. The lowest BCUT2D eigenvalue weighted by atomic mass is 10.1. The van der Waals surface area contributed by atoms with Crippen LogP contribution in [-0.2, 0) is 28.6 Å². The second-order valence-electron chi connectivity index (χ2n) is 18.8. The molecule has 0 amide bonds. The molecule has 0 aliphatic rings. The van der Waals surface area contributed by atoms with Crippen LogP contribution in [0.1, 0.15) is 258 Å². The first-order chi connectivity index (χ1) is 34.5. The third-order valence-electron chi connectivity index (χ3n) is 12.0. The summed E-state index contributed by atoms with van der Waals surface area (Å²) in [6.07, 6.45) is 78.1. The zero-order chi connectivity index (χ0) is 50.7. The number of rotatable bonds is 51. The molecule has 0 aliphatic carbocycles. The van der Waals surface area contributed by atoms with E-state index in [0.29, 0.717) is 19.3 Å². The molecule has 0 aromatic rings. The van der Waals surface area contributed by atoms with Crippen LogP contribution in [-0.4, -0.2) is 37.2 Å². The van der Waals surface area contributed by atoms with Crippen LogP contribution in [0.2, 0.25) is 0 Å². The van der Waals surface area contributed by atoms with Crippen molar-refractivity contribution in [3.05, 3.63) is 109 Å². The van der Waals surface area contributed by atoms with E-state index in [1.165, 1.54) is 83.5 Å². The molecule has 0 rings (SSSR count). The fourth-order valence-electron chi connectivity index (χ4n) is 7.69. The lowest BCUT2D eigenvalue weighted by Gasteiger charge is -2.18. The van der Waals surface area contributed by atoms with Crippen LogP contribution >= 0.6 is 0 Å². The molecule has 0 fully saturated rings. The smallest absolute Gasteiger partial charge is 0.306 e. The van der Waals surface area contributed by atoms with Gasteiger partial charge in [-0.05, 0) is 109 Å². The molecular formula is C64H106O6. The minimum Gasteiger partial charge on any atom is -0.462 e. The number of esters is 3. The van der Waals surface area contributed by atoms with Gasteiger partial charge in [-0.3, -0.25) is 14.4 Å². The Balaban J connectivity index is 4.22. The van der Waals surface area contributed by atoms with Crippen molar-refractivity contribution in [2.24, 2.45) is 0 Å².